The standard InChI is InChI=1S/C23H29N2/c1-6-25-11-7-8-17-13-18-12-16-9-10-19(24(4)5)14-20(16)23(2,3)21(18)15-22(17)25/h9-10,12-15H,6-8,11H2,1-5H3/q+1. The van der Waals surface area contributed by atoms with Crippen LogP contribution >= 0.6 is 0 Å². The van der Waals surface area contributed by atoms with E-state index in [9.17, 15) is 0 Å². The van der Waals surface area contributed by atoms with Crippen molar-refractivity contribution in [3.63, 3.8) is 0 Å². The Labute approximate surface area is 151 Å². The maximum atomic E-state index is 2.54. The Hall–Kier alpha value is -2.09. The summed E-state index contributed by atoms with van der Waals surface area (Å²) in [6.07, 6.45) is 4.87. The van der Waals surface area contributed by atoms with Gasteiger partial charge in [0.1, 0.15) is 13.1 Å². The van der Waals surface area contributed by atoms with Gasteiger partial charge in [-0.2, -0.15) is 0 Å². The van der Waals surface area contributed by atoms with Crippen LogP contribution in [0.2, 0.25) is 0 Å². The molecule has 2 aliphatic rings. The molecule has 2 nitrogen and oxygen atoms in total. The van der Waals surface area contributed by atoms with Crippen LogP contribution in [0.1, 0.15) is 49.4 Å². The van der Waals surface area contributed by atoms with E-state index in [-0.39, 0.29) is 5.41 Å². The van der Waals surface area contributed by atoms with Crippen LogP contribution in [0.5, 0.6) is 0 Å². The highest BCUT2D eigenvalue weighted by atomic mass is 15.1. The minimum Gasteiger partial charge on any atom is -0.378 e. The second-order valence-electron chi connectivity index (χ2n) is 8.19. The monoisotopic (exact) mass is 333 g/mol. The number of benzene rings is 2. The molecular weight excluding hydrogens is 304 g/mol. The lowest BCUT2D eigenvalue weighted by molar-refractivity contribution is 0.534. The first-order valence-electron chi connectivity index (χ1n) is 9.50. The lowest BCUT2D eigenvalue weighted by atomic mass is 9.71. The average Bonchev–Trinajstić information content (AvgIpc) is 2.59. The number of hydrogen-bond acceptors (Lipinski definition) is 1. The molecule has 1 aliphatic heterocycles. The van der Waals surface area contributed by atoms with E-state index in [0.29, 0.717) is 0 Å². The molecule has 2 aromatic rings. The van der Waals surface area contributed by atoms with Gasteiger partial charge in [-0.3, -0.25) is 0 Å². The Balaban J connectivity index is 2.02. The quantitative estimate of drug-likeness (QED) is 0.766. The molecule has 0 radical (unpaired) electrons. The van der Waals surface area contributed by atoms with Crippen LogP contribution < -0.4 is 20.1 Å². The molecule has 0 atom stereocenters. The van der Waals surface area contributed by atoms with Crippen LogP contribution in [-0.4, -0.2) is 27.2 Å². The van der Waals surface area contributed by atoms with Crippen LogP contribution in [-0.2, 0) is 11.8 Å². The molecule has 0 fully saturated rings. The smallest absolute Gasteiger partial charge is 0.203 e. The summed E-state index contributed by atoms with van der Waals surface area (Å²) in [6, 6.07) is 11.8. The minimum absolute atomic E-state index is 0.0251. The molecular formula is C23H29N2+. The van der Waals surface area contributed by atoms with E-state index in [2.05, 4.69) is 80.7 Å². The van der Waals surface area contributed by atoms with E-state index >= 15 is 0 Å². The van der Waals surface area contributed by atoms with Crippen LogP contribution in [0, 0.1) is 0 Å². The van der Waals surface area contributed by atoms with Crippen molar-refractivity contribution < 1.29 is 0 Å². The third kappa shape index (κ3) is 2.50. The molecule has 4 rings (SSSR count). The van der Waals surface area contributed by atoms with E-state index < -0.39 is 0 Å². The first-order chi connectivity index (χ1) is 11.9. The summed E-state index contributed by atoms with van der Waals surface area (Å²) in [6.45, 7) is 9.31. The third-order valence-electron chi connectivity index (χ3n) is 6.06. The normalized spacial score (nSPS) is 17.2. The summed E-state index contributed by atoms with van der Waals surface area (Å²) in [5.41, 5.74) is 7.09. The molecule has 0 spiro atoms. The summed E-state index contributed by atoms with van der Waals surface area (Å²) in [5, 5.41) is 2.87. The first-order valence-corrected chi connectivity index (χ1v) is 9.50. The number of anilines is 1. The second kappa shape index (κ2) is 5.72. The topological polar surface area (TPSA) is 6.25 Å². The molecule has 0 saturated carbocycles. The van der Waals surface area contributed by atoms with Gasteiger partial charge in [0.05, 0.1) is 0 Å². The van der Waals surface area contributed by atoms with Gasteiger partial charge in [0.25, 0.3) is 0 Å². The van der Waals surface area contributed by atoms with Crippen molar-refractivity contribution in [1.29, 1.82) is 0 Å². The fraction of sp³-hybridized carbons (Fsp3) is 0.435. The van der Waals surface area contributed by atoms with Crippen molar-refractivity contribution >= 4 is 11.8 Å². The zero-order valence-electron chi connectivity index (χ0n) is 16.2. The molecule has 2 heteroatoms. The predicted octanol–water partition coefficient (Wildman–Crippen LogP) is 2.68. The molecule has 0 unspecified atom stereocenters. The number of fused-ring (bicyclic) bond motifs is 3. The zero-order chi connectivity index (χ0) is 17.8. The molecule has 1 heterocycles. The molecule has 130 valence electrons. The molecule has 0 N–H and O–H groups in total. The highest BCUT2D eigenvalue weighted by Crippen LogP contribution is 2.36. The van der Waals surface area contributed by atoms with Gasteiger partial charge in [0.15, 0.2) is 0 Å². The highest BCUT2D eigenvalue weighted by molar-refractivity contribution is 5.67. The van der Waals surface area contributed by atoms with E-state index in [1.807, 2.05) is 0 Å². The number of aryl methyl sites for hydroxylation is 1. The second-order valence-corrected chi connectivity index (χ2v) is 8.19. The van der Waals surface area contributed by atoms with Gasteiger partial charge in [0, 0.05) is 43.2 Å². The lowest BCUT2D eigenvalue weighted by Gasteiger charge is -2.33. The first kappa shape index (κ1) is 16.4. The fourth-order valence-corrected chi connectivity index (χ4v) is 4.52. The van der Waals surface area contributed by atoms with Gasteiger partial charge in [-0.05, 0) is 59.5 Å². The molecule has 0 amide bonds. The molecule has 2 aromatic carbocycles. The highest BCUT2D eigenvalue weighted by Gasteiger charge is 2.31. The fourth-order valence-electron chi connectivity index (χ4n) is 4.52. The Morgan fingerprint density at radius 2 is 1.88 bits per heavy atom. The van der Waals surface area contributed by atoms with E-state index in [1.54, 1.807) is 0 Å². The van der Waals surface area contributed by atoms with Crippen molar-refractivity contribution in [3.8, 4) is 0 Å². The number of nitrogens with zero attached hydrogens (tertiary/aromatic N) is 2. The average molecular weight is 333 g/mol. The largest absolute Gasteiger partial charge is 0.378 e. The summed E-state index contributed by atoms with van der Waals surface area (Å²) in [7, 11) is 4.23. The molecule has 25 heavy (non-hydrogen) atoms. The van der Waals surface area contributed by atoms with Gasteiger partial charge in [-0.25, -0.2) is 4.58 Å². The van der Waals surface area contributed by atoms with Crippen LogP contribution in [0.25, 0.3) is 6.08 Å². The van der Waals surface area contributed by atoms with Gasteiger partial charge in [-0.15, -0.1) is 0 Å². The van der Waals surface area contributed by atoms with Crippen LogP contribution in [0.4, 0.5) is 5.69 Å². The number of hydrogen-bond donors (Lipinski definition) is 0. The third-order valence-corrected chi connectivity index (χ3v) is 6.06. The molecule has 0 aromatic heterocycles. The van der Waals surface area contributed by atoms with Crippen LogP contribution in [0.15, 0.2) is 30.3 Å². The molecule has 1 aliphatic carbocycles. The predicted molar refractivity (Wildman–Crippen MR) is 107 cm³/mol. The van der Waals surface area contributed by atoms with Gasteiger partial charge in [-0.1, -0.05) is 19.9 Å². The Kier molecular flexibility index (Phi) is 3.75. The summed E-state index contributed by atoms with van der Waals surface area (Å²) in [5.74, 6) is 0. The maximum Gasteiger partial charge on any atom is 0.203 e. The van der Waals surface area contributed by atoms with E-state index in [0.717, 1.165) is 6.54 Å². The lowest BCUT2D eigenvalue weighted by Crippen LogP contribution is -2.42. The zero-order valence-corrected chi connectivity index (χ0v) is 16.2. The van der Waals surface area contributed by atoms with Crippen molar-refractivity contribution in [1.82, 2.24) is 4.58 Å². The van der Waals surface area contributed by atoms with Crippen molar-refractivity contribution in [3.05, 3.63) is 63.2 Å². The maximum absolute atomic E-state index is 2.54. The van der Waals surface area contributed by atoms with Crippen molar-refractivity contribution in [2.75, 3.05) is 32.1 Å². The van der Waals surface area contributed by atoms with E-state index in [4.69, 9.17) is 0 Å². The van der Waals surface area contributed by atoms with Crippen molar-refractivity contribution in [2.45, 2.75) is 39.0 Å². The SMILES string of the molecule is CC[N+]1=c2cc3c(cc2CCC1)=Cc1ccc(N(C)C)cc1C3(C)C. The summed E-state index contributed by atoms with van der Waals surface area (Å²) >= 11 is 0. The van der Waals surface area contributed by atoms with Gasteiger partial charge < -0.3 is 4.90 Å². The minimum atomic E-state index is 0.0251. The Bertz CT molecular complexity index is 964. The van der Waals surface area contributed by atoms with E-state index in [1.165, 1.54) is 57.9 Å². The van der Waals surface area contributed by atoms with Crippen LogP contribution in [0.3, 0.4) is 0 Å². The van der Waals surface area contributed by atoms with Gasteiger partial charge in [0.2, 0.25) is 5.36 Å². The summed E-state index contributed by atoms with van der Waals surface area (Å²) in [4.78, 5) is 2.19. The van der Waals surface area contributed by atoms with Gasteiger partial charge >= 0.3 is 0 Å². The molecule has 0 bridgehead atoms. The Morgan fingerprint density at radius 1 is 1.08 bits per heavy atom. The Morgan fingerprint density at radius 3 is 2.60 bits per heavy atom. The molecule has 0 saturated heterocycles. The van der Waals surface area contributed by atoms with Crippen molar-refractivity contribution in [2.24, 2.45) is 0 Å². The number of rotatable bonds is 2. The summed E-state index contributed by atoms with van der Waals surface area (Å²) < 4.78 is 2.54.